The van der Waals surface area contributed by atoms with Crippen LogP contribution in [0.5, 0.6) is 5.75 Å². The second-order valence-electron chi connectivity index (χ2n) is 7.13. The average molecular weight is 369 g/mol. The summed E-state index contributed by atoms with van der Waals surface area (Å²) < 4.78 is 32.8. The van der Waals surface area contributed by atoms with Gasteiger partial charge in [0.05, 0.1) is 7.11 Å². The first-order chi connectivity index (χ1) is 11.6. The molecule has 1 aliphatic rings. The number of carbonyl (C=O) groups is 1. The van der Waals surface area contributed by atoms with Crippen LogP contribution >= 0.6 is 0 Å². The molecule has 0 bridgehead atoms. The first kappa shape index (κ1) is 19.7. The van der Waals surface area contributed by atoms with Gasteiger partial charge in [-0.3, -0.25) is 4.79 Å². The zero-order valence-corrected chi connectivity index (χ0v) is 16.0. The number of nitrogens with zero attached hydrogens (tertiary/aromatic N) is 1. The quantitative estimate of drug-likeness (QED) is 0.784. The SMILES string of the molecule is COc1ccc(C(=O)N2CCC(C)(CN)C2)cc1S(=O)(=O)NC(C)C. The first-order valence-corrected chi connectivity index (χ1v) is 9.80. The molecule has 2 rings (SSSR count). The molecular formula is C17H27N3O4S. The topological polar surface area (TPSA) is 102 Å². The van der Waals surface area contributed by atoms with Gasteiger partial charge in [-0.15, -0.1) is 0 Å². The second kappa shape index (κ2) is 7.31. The minimum absolute atomic E-state index is 0.0321. The van der Waals surface area contributed by atoms with Crippen LogP contribution in [0.4, 0.5) is 0 Å². The van der Waals surface area contributed by atoms with E-state index in [1.54, 1.807) is 24.8 Å². The average Bonchev–Trinajstić information content (AvgIpc) is 2.95. The van der Waals surface area contributed by atoms with E-state index in [0.29, 0.717) is 25.2 Å². The molecule has 0 aromatic heterocycles. The summed E-state index contributed by atoms with van der Waals surface area (Å²) in [4.78, 5) is 14.5. The van der Waals surface area contributed by atoms with Crippen molar-refractivity contribution in [3.63, 3.8) is 0 Å². The van der Waals surface area contributed by atoms with Gasteiger partial charge in [0, 0.05) is 24.7 Å². The van der Waals surface area contributed by atoms with E-state index in [0.717, 1.165) is 6.42 Å². The maximum Gasteiger partial charge on any atom is 0.253 e. The van der Waals surface area contributed by atoms with E-state index in [1.807, 2.05) is 0 Å². The molecule has 7 nitrogen and oxygen atoms in total. The minimum atomic E-state index is -3.78. The van der Waals surface area contributed by atoms with Crippen molar-refractivity contribution in [2.45, 2.75) is 38.1 Å². The molecule has 1 aliphatic heterocycles. The zero-order chi connectivity index (χ0) is 18.8. The van der Waals surface area contributed by atoms with Gasteiger partial charge < -0.3 is 15.4 Å². The number of rotatable bonds is 6. The maximum absolute atomic E-state index is 12.8. The number of methoxy groups -OCH3 is 1. The van der Waals surface area contributed by atoms with Gasteiger partial charge >= 0.3 is 0 Å². The normalized spacial score (nSPS) is 21.0. The Labute approximate surface area is 149 Å². The molecule has 1 saturated heterocycles. The van der Waals surface area contributed by atoms with Gasteiger partial charge in [0.2, 0.25) is 10.0 Å². The third-order valence-corrected chi connectivity index (χ3v) is 6.11. The van der Waals surface area contributed by atoms with Crippen LogP contribution in [-0.4, -0.2) is 52.0 Å². The molecule has 1 aromatic carbocycles. The molecule has 1 heterocycles. The minimum Gasteiger partial charge on any atom is -0.495 e. The highest BCUT2D eigenvalue weighted by atomic mass is 32.2. The van der Waals surface area contributed by atoms with Crippen molar-refractivity contribution < 1.29 is 17.9 Å². The Morgan fingerprint density at radius 1 is 1.44 bits per heavy atom. The third-order valence-electron chi connectivity index (χ3n) is 4.43. The van der Waals surface area contributed by atoms with E-state index in [2.05, 4.69) is 11.6 Å². The number of ether oxygens (including phenoxy) is 1. The number of nitrogens with one attached hydrogen (secondary N) is 1. The molecule has 0 radical (unpaired) electrons. The van der Waals surface area contributed by atoms with Gasteiger partial charge in [-0.1, -0.05) is 6.92 Å². The molecule has 1 fully saturated rings. The van der Waals surface area contributed by atoms with Gasteiger partial charge in [0.1, 0.15) is 10.6 Å². The lowest BCUT2D eigenvalue weighted by molar-refractivity contribution is 0.0776. The zero-order valence-electron chi connectivity index (χ0n) is 15.2. The number of hydrogen-bond acceptors (Lipinski definition) is 5. The van der Waals surface area contributed by atoms with Crippen LogP contribution in [0.1, 0.15) is 37.6 Å². The first-order valence-electron chi connectivity index (χ1n) is 8.31. The van der Waals surface area contributed by atoms with Crippen molar-refractivity contribution in [1.82, 2.24) is 9.62 Å². The number of benzene rings is 1. The van der Waals surface area contributed by atoms with Crippen molar-refractivity contribution in [3.05, 3.63) is 23.8 Å². The second-order valence-corrected chi connectivity index (χ2v) is 8.82. The molecule has 1 amide bonds. The summed E-state index contributed by atoms with van der Waals surface area (Å²) in [6, 6.07) is 4.22. The van der Waals surface area contributed by atoms with Crippen LogP contribution in [0, 0.1) is 5.41 Å². The van der Waals surface area contributed by atoms with Crippen LogP contribution in [-0.2, 0) is 10.0 Å². The predicted octanol–water partition coefficient (Wildman–Crippen LogP) is 1.19. The Morgan fingerprint density at radius 2 is 2.12 bits per heavy atom. The fraction of sp³-hybridized carbons (Fsp3) is 0.588. The summed E-state index contributed by atoms with van der Waals surface area (Å²) in [6.07, 6.45) is 0.839. The highest BCUT2D eigenvalue weighted by Gasteiger charge is 2.35. The highest BCUT2D eigenvalue weighted by Crippen LogP contribution is 2.31. The fourth-order valence-electron chi connectivity index (χ4n) is 2.94. The number of nitrogens with two attached hydrogens (primary N) is 1. The predicted molar refractivity (Wildman–Crippen MR) is 96.1 cm³/mol. The van der Waals surface area contributed by atoms with Gasteiger partial charge in [-0.2, -0.15) is 0 Å². The number of likely N-dealkylation sites (tertiary alicyclic amines) is 1. The Balaban J connectivity index is 2.35. The Hall–Kier alpha value is -1.64. The summed E-state index contributed by atoms with van der Waals surface area (Å²) >= 11 is 0. The van der Waals surface area contributed by atoms with Crippen molar-refractivity contribution in [2.75, 3.05) is 26.7 Å². The molecule has 25 heavy (non-hydrogen) atoms. The van der Waals surface area contributed by atoms with Gasteiger partial charge in [-0.25, -0.2) is 13.1 Å². The van der Waals surface area contributed by atoms with Crippen molar-refractivity contribution in [2.24, 2.45) is 11.1 Å². The van der Waals surface area contributed by atoms with Gasteiger partial charge in [-0.05, 0) is 50.4 Å². The smallest absolute Gasteiger partial charge is 0.253 e. The van der Waals surface area contributed by atoms with Crippen molar-refractivity contribution >= 4 is 15.9 Å². The van der Waals surface area contributed by atoms with Gasteiger partial charge in [0.25, 0.3) is 5.91 Å². The summed E-state index contributed by atoms with van der Waals surface area (Å²) in [5.74, 6) is 0.0127. The summed E-state index contributed by atoms with van der Waals surface area (Å²) in [7, 11) is -2.37. The Bertz CT molecular complexity index is 748. The fourth-order valence-corrected chi connectivity index (χ4v) is 4.39. The summed E-state index contributed by atoms with van der Waals surface area (Å²) in [5.41, 5.74) is 6.03. The number of amides is 1. The lowest BCUT2D eigenvalue weighted by Gasteiger charge is -2.23. The molecule has 0 aliphatic carbocycles. The van der Waals surface area contributed by atoms with E-state index < -0.39 is 10.0 Å². The van der Waals surface area contributed by atoms with E-state index in [9.17, 15) is 13.2 Å². The van der Waals surface area contributed by atoms with E-state index in [-0.39, 0.29) is 28.0 Å². The molecule has 1 atom stereocenters. The molecule has 3 N–H and O–H groups in total. The molecule has 1 unspecified atom stereocenters. The molecule has 0 saturated carbocycles. The number of hydrogen-bond donors (Lipinski definition) is 2. The molecular weight excluding hydrogens is 342 g/mol. The van der Waals surface area contributed by atoms with E-state index >= 15 is 0 Å². The maximum atomic E-state index is 12.8. The Kier molecular flexibility index (Phi) is 5.75. The Morgan fingerprint density at radius 3 is 2.64 bits per heavy atom. The van der Waals surface area contributed by atoms with Crippen LogP contribution in [0.25, 0.3) is 0 Å². The van der Waals surface area contributed by atoms with Crippen LogP contribution in [0.2, 0.25) is 0 Å². The molecule has 1 aromatic rings. The monoisotopic (exact) mass is 369 g/mol. The molecule has 140 valence electrons. The molecule has 0 spiro atoms. The standard InChI is InChI=1S/C17H27N3O4S/c1-12(2)19-25(22,23)15-9-13(5-6-14(15)24-4)16(21)20-8-7-17(3,10-18)11-20/h5-6,9,12,19H,7-8,10-11,18H2,1-4H3. The van der Waals surface area contributed by atoms with Gasteiger partial charge in [0.15, 0.2) is 0 Å². The van der Waals surface area contributed by atoms with Crippen molar-refractivity contribution in [1.29, 1.82) is 0 Å². The van der Waals surface area contributed by atoms with Crippen LogP contribution in [0.15, 0.2) is 23.1 Å². The third kappa shape index (κ3) is 4.31. The molecule has 8 heteroatoms. The number of carbonyl (C=O) groups excluding carboxylic acids is 1. The largest absolute Gasteiger partial charge is 0.495 e. The van der Waals surface area contributed by atoms with Crippen LogP contribution in [0.3, 0.4) is 0 Å². The summed E-state index contributed by atoms with van der Waals surface area (Å²) in [5, 5.41) is 0. The lowest BCUT2D eigenvalue weighted by atomic mass is 9.90. The number of sulfonamides is 1. The summed E-state index contributed by atoms with van der Waals surface area (Å²) in [6.45, 7) is 7.22. The highest BCUT2D eigenvalue weighted by molar-refractivity contribution is 7.89. The van der Waals surface area contributed by atoms with Crippen molar-refractivity contribution in [3.8, 4) is 5.75 Å². The van der Waals surface area contributed by atoms with Crippen LogP contribution < -0.4 is 15.2 Å². The van der Waals surface area contributed by atoms with E-state index in [4.69, 9.17) is 10.5 Å². The van der Waals surface area contributed by atoms with E-state index in [1.165, 1.54) is 19.2 Å². The lowest BCUT2D eigenvalue weighted by Crippen LogP contribution is -2.35.